The van der Waals surface area contributed by atoms with E-state index >= 15 is 0 Å². The van der Waals surface area contributed by atoms with Gasteiger partial charge < -0.3 is 4.74 Å². The lowest BCUT2D eigenvalue weighted by Gasteiger charge is -2.12. The third kappa shape index (κ3) is 3.85. The summed E-state index contributed by atoms with van der Waals surface area (Å²) in [6.07, 6.45) is 0.966. The highest BCUT2D eigenvalue weighted by Crippen LogP contribution is 2.27. The summed E-state index contributed by atoms with van der Waals surface area (Å²) in [6, 6.07) is 11.3. The highest BCUT2D eigenvalue weighted by molar-refractivity contribution is 6.30. The number of halogens is 1. The molecule has 2 rings (SSSR count). The lowest BCUT2D eigenvalue weighted by Crippen LogP contribution is -2.12. The van der Waals surface area contributed by atoms with Crippen LogP contribution in [-0.4, -0.2) is 12.4 Å². The number of carbonyl (C=O) groups excluding carboxylic acids is 1. The number of hydrogen-bond donors (Lipinski definition) is 0. The molecule has 2 aromatic rings. The molecule has 2 aromatic carbocycles. The van der Waals surface area contributed by atoms with Crippen LogP contribution in [-0.2, 0) is 6.42 Å². The average molecular weight is 303 g/mol. The van der Waals surface area contributed by atoms with Gasteiger partial charge in [0.1, 0.15) is 5.75 Å². The molecule has 0 aliphatic heterocycles. The normalized spacial score (nSPS) is 10.5. The van der Waals surface area contributed by atoms with Gasteiger partial charge in [-0.15, -0.1) is 0 Å². The van der Waals surface area contributed by atoms with Crippen molar-refractivity contribution < 1.29 is 9.53 Å². The summed E-state index contributed by atoms with van der Waals surface area (Å²) in [5, 5.41) is 0.679. The fourth-order valence-electron chi connectivity index (χ4n) is 2.27. The molecule has 0 atom stereocenters. The van der Waals surface area contributed by atoms with Gasteiger partial charge in [-0.3, -0.25) is 4.79 Å². The zero-order valence-electron chi connectivity index (χ0n) is 12.6. The molecule has 21 heavy (non-hydrogen) atoms. The number of ketones is 1. The van der Waals surface area contributed by atoms with Gasteiger partial charge in [0, 0.05) is 10.6 Å². The Hall–Kier alpha value is -1.80. The molecule has 0 saturated carbocycles. The molecule has 0 aliphatic rings. The zero-order chi connectivity index (χ0) is 15.4. The van der Waals surface area contributed by atoms with Crippen LogP contribution in [0.4, 0.5) is 0 Å². The summed E-state index contributed by atoms with van der Waals surface area (Å²) in [4.78, 5) is 12.2. The molecule has 110 valence electrons. The van der Waals surface area contributed by atoms with Crippen molar-refractivity contribution in [2.45, 2.75) is 27.2 Å². The van der Waals surface area contributed by atoms with Crippen molar-refractivity contribution in [3.63, 3.8) is 0 Å². The number of aryl methyl sites for hydroxylation is 3. The van der Waals surface area contributed by atoms with E-state index in [9.17, 15) is 4.79 Å². The van der Waals surface area contributed by atoms with E-state index in [1.54, 1.807) is 0 Å². The Morgan fingerprint density at radius 1 is 1.10 bits per heavy atom. The van der Waals surface area contributed by atoms with Gasteiger partial charge in [-0.2, -0.15) is 0 Å². The van der Waals surface area contributed by atoms with Crippen LogP contribution in [0, 0.1) is 13.8 Å². The van der Waals surface area contributed by atoms with Gasteiger partial charge in [0.2, 0.25) is 0 Å². The Labute approximate surface area is 130 Å². The van der Waals surface area contributed by atoms with Crippen LogP contribution in [0.25, 0.3) is 0 Å². The van der Waals surface area contributed by atoms with Crippen LogP contribution in [0.1, 0.15) is 34.0 Å². The fourth-order valence-corrected chi connectivity index (χ4v) is 2.60. The average Bonchev–Trinajstić information content (AvgIpc) is 2.46. The second-order valence-corrected chi connectivity index (χ2v) is 5.57. The summed E-state index contributed by atoms with van der Waals surface area (Å²) in [5.41, 5.74) is 3.77. The summed E-state index contributed by atoms with van der Waals surface area (Å²) in [5.74, 6) is 0.712. The van der Waals surface area contributed by atoms with E-state index in [4.69, 9.17) is 16.3 Å². The van der Waals surface area contributed by atoms with Crippen molar-refractivity contribution in [1.82, 2.24) is 0 Å². The van der Waals surface area contributed by atoms with E-state index in [-0.39, 0.29) is 12.4 Å². The molecule has 0 aliphatic carbocycles. The van der Waals surface area contributed by atoms with E-state index in [2.05, 4.69) is 6.92 Å². The first-order valence-electron chi connectivity index (χ1n) is 7.03. The topological polar surface area (TPSA) is 26.3 Å². The molecule has 0 aromatic heterocycles. The van der Waals surface area contributed by atoms with Gasteiger partial charge in [0.15, 0.2) is 12.4 Å². The Kier molecular flexibility index (Phi) is 5.03. The summed E-state index contributed by atoms with van der Waals surface area (Å²) < 4.78 is 5.69. The largest absolute Gasteiger partial charge is 0.485 e. The Bertz CT molecular complexity index is 622. The van der Waals surface area contributed by atoms with E-state index in [1.807, 2.05) is 50.2 Å². The SMILES string of the molecule is CCc1ccc(C(=O)COc2c(C)cc(Cl)cc2C)cc1. The summed E-state index contributed by atoms with van der Waals surface area (Å²) in [6.45, 7) is 5.98. The molecule has 0 spiro atoms. The number of ether oxygens (including phenoxy) is 1. The summed E-state index contributed by atoms with van der Waals surface area (Å²) >= 11 is 5.99. The monoisotopic (exact) mass is 302 g/mol. The van der Waals surface area contributed by atoms with Crippen LogP contribution in [0.15, 0.2) is 36.4 Å². The number of carbonyl (C=O) groups is 1. The maximum Gasteiger partial charge on any atom is 0.200 e. The molecule has 0 N–H and O–H groups in total. The highest BCUT2D eigenvalue weighted by Gasteiger charge is 2.10. The maximum absolute atomic E-state index is 12.2. The Balaban J connectivity index is 2.07. The first-order valence-corrected chi connectivity index (χ1v) is 7.40. The molecule has 3 heteroatoms. The van der Waals surface area contributed by atoms with Gasteiger partial charge >= 0.3 is 0 Å². The molecule has 0 unspecified atom stereocenters. The predicted molar refractivity (Wildman–Crippen MR) is 86.6 cm³/mol. The van der Waals surface area contributed by atoms with Crippen LogP contribution >= 0.6 is 11.6 Å². The van der Waals surface area contributed by atoms with Crippen molar-refractivity contribution in [3.05, 3.63) is 63.7 Å². The van der Waals surface area contributed by atoms with Crippen molar-refractivity contribution in [1.29, 1.82) is 0 Å². The summed E-state index contributed by atoms with van der Waals surface area (Å²) in [7, 11) is 0. The minimum absolute atomic E-state index is 0.0218. The van der Waals surface area contributed by atoms with Crippen LogP contribution in [0.5, 0.6) is 5.75 Å². The molecule has 0 amide bonds. The van der Waals surface area contributed by atoms with E-state index in [0.29, 0.717) is 10.6 Å². The molecule has 0 saturated heterocycles. The molecule has 0 radical (unpaired) electrons. The second kappa shape index (κ2) is 6.77. The van der Waals surface area contributed by atoms with Crippen molar-refractivity contribution in [3.8, 4) is 5.75 Å². The van der Waals surface area contributed by atoms with Crippen LogP contribution in [0.2, 0.25) is 5.02 Å². The van der Waals surface area contributed by atoms with Gasteiger partial charge in [-0.25, -0.2) is 0 Å². The molecule has 0 bridgehead atoms. The standard InChI is InChI=1S/C18H19ClO2/c1-4-14-5-7-15(8-6-14)17(20)11-21-18-12(2)9-16(19)10-13(18)3/h5-10H,4,11H2,1-3H3. The number of Topliss-reactive ketones (excluding diaryl/α,β-unsaturated/α-hetero) is 1. The highest BCUT2D eigenvalue weighted by atomic mass is 35.5. The molecular formula is C18H19ClO2. The minimum atomic E-state index is -0.0218. The first-order chi connectivity index (χ1) is 10.0. The smallest absolute Gasteiger partial charge is 0.200 e. The molecule has 0 heterocycles. The van der Waals surface area contributed by atoms with E-state index in [0.717, 1.165) is 23.3 Å². The van der Waals surface area contributed by atoms with Gasteiger partial charge in [0.05, 0.1) is 0 Å². The number of benzene rings is 2. The molecule has 0 fully saturated rings. The third-order valence-corrected chi connectivity index (χ3v) is 3.68. The fraction of sp³-hybridized carbons (Fsp3) is 0.278. The Morgan fingerprint density at radius 3 is 2.19 bits per heavy atom. The zero-order valence-corrected chi connectivity index (χ0v) is 13.3. The number of hydrogen-bond acceptors (Lipinski definition) is 2. The Morgan fingerprint density at radius 2 is 1.67 bits per heavy atom. The maximum atomic E-state index is 12.2. The number of rotatable bonds is 5. The van der Waals surface area contributed by atoms with Crippen molar-refractivity contribution in [2.24, 2.45) is 0 Å². The second-order valence-electron chi connectivity index (χ2n) is 5.13. The first kappa shape index (κ1) is 15.6. The van der Waals surface area contributed by atoms with Gasteiger partial charge in [-0.1, -0.05) is 42.8 Å². The van der Waals surface area contributed by atoms with Crippen molar-refractivity contribution in [2.75, 3.05) is 6.61 Å². The lowest BCUT2D eigenvalue weighted by molar-refractivity contribution is 0.0920. The van der Waals surface area contributed by atoms with Crippen LogP contribution in [0.3, 0.4) is 0 Å². The minimum Gasteiger partial charge on any atom is -0.485 e. The predicted octanol–water partition coefficient (Wildman–Crippen LogP) is 4.78. The molecular weight excluding hydrogens is 284 g/mol. The van der Waals surface area contributed by atoms with E-state index in [1.165, 1.54) is 5.56 Å². The van der Waals surface area contributed by atoms with Crippen molar-refractivity contribution >= 4 is 17.4 Å². The quantitative estimate of drug-likeness (QED) is 0.743. The van der Waals surface area contributed by atoms with Gasteiger partial charge in [-0.05, 0) is 49.1 Å². The third-order valence-electron chi connectivity index (χ3n) is 3.46. The lowest BCUT2D eigenvalue weighted by atomic mass is 10.1. The van der Waals surface area contributed by atoms with E-state index < -0.39 is 0 Å². The van der Waals surface area contributed by atoms with Gasteiger partial charge in [0.25, 0.3) is 0 Å². The van der Waals surface area contributed by atoms with Crippen LogP contribution < -0.4 is 4.74 Å². The molecule has 2 nitrogen and oxygen atoms in total.